The highest BCUT2D eigenvalue weighted by atomic mass is 79.9. The van der Waals surface area contributed by atoms with E-state index in [-0.39, 0.29) is 22.9 Å². The van der Waals surface area contributed by atoms with Crippen molar-refractivity contribution in [3.63, 3.8) is 0 Å². The van der Waals surface area contributed by atoms with Gasteiger partial charge in [-0.25, -0.2) is 16.8 Å². The molecule has 1 saturated heterocycles. The second-order valence-corrected chi connectivity index (χ2v) is 10.7. The lowest BCUT2D eigenvalue weighted by Gasteiger charge is -2.26. The fraction of sp³-hybridized carbons (Fsp3) is 0.333. The molecule has 0 unspecified atom stereocenters. The normalized spacial score (nSPS) is 20.5. The Kier molecular flexibility index (Phi) is 4.87. The first-order valence-electron chi connectivity index (χ1n) is 7.28. The predicted octanol–water partition coefficient (Wildman–Crippen LogP) is 2.42. The molecule has 2 heterocycles. The van der Waals surface area contributed by atoms with Gasteiger partial charge in [0.05, 0.1) is 29.2 Å². The monoisotopic (exact) mass is 433 g/mol. The number of benzene rings is 1. The third kappa shape index (κ3) is 3.74. The van der Waals surface area contributed by atoms with Gasteiger partial charge in [-0.15, -0.1) is 0 Å². The molecule has 0 aliphatic carbocycles. The first-order chi connectivity index (χ1) is 11.3. The van der Waals surface area contributed by atoms with Gasteiger partial charge in [-0.1, -0.05) is 15.9 Å². The van der Waals surface area contributed by atoms with Crippen molar-refractivity contribution in [2.24, 2.45) is 0 Å². The summed E-state index contributed by atoms with van der Waals surface area (Å²) >= 11 is 3.28. The lowest BCUT2D eigenvalue weighted by Crippen LogP contribution is -2.40. The van der Waals surface area contributed by atoms with Crippen molar-refractivity contribution in [2.75, 3.05) is 11.5 Å². The number of hydrogen-bond donors (Lipinski definition) is 0. The maximum Gasteiger partial charge on any atom is 0.243 e. The quantitative estimate of drug-likeness (QED) is 0.722. The van der Waals surface area contributed by atoms with Crippen molar-refractivity contribution in [1.29, 1.82) is 0 Å². The van der Waals surface area contributed by atoms with Crippen LogP contribution in [0, 0.1) is 0 Å². The molecular weight excluding hydrogens is 418 g/mol. The summed E-state index contributed by atoms with van der Waals surface area (Å²) in [5, 5.41) is 0. The molecule has 6 nitrogen and oxygen atoms in total. The Morgan fingerprint density at radius 1 is 1.21 bits per heavy atom. The van der Waals surface area contributed by atoms with Crippen LogP contribution in [0.15, 0.2) is 56.4 Å². The van der Waals surface area contributed by atoms with Gasteiger partial charge in [0.25, 0.3) is 0 Å². The third-order valence-electron chi connectivity index (χ3n) is 3.93. The molecule has 1 atom stereocenters. The molecule has 0 radical (unpaired) electrons. The van der Waals surface area contributed by atoms with Gasteiger partial charge in [0.1, 0.15) is 5.76 Å². The van der Waals surface area contributed by atoms with Crippen molar-refractivity contribution in [1.82, 2.24) is 4.31 Å². The Hall–Kier alpha value is -1.16. The Bertz CT molecular complexity index is 905. The van der Waals surface area contributed by atoms with E-state index in [1.807, 2.05) is 0 Å². The third-order valence-corrected chi connectivity index (χ3v) is 8.12. The highest BCUT2D eigenvalue weighted by Crippen LogP contribution is 2.27. The zero-order valence-corrected chi connectivity index (χ0v) is 15.8. The molecule has 1 aromatic carbocycles. The number of sulfonamides is 1. The van der Waals surface area contributed by atoms with Crippen LogP contribution in [0.4, 0.5) is 0 Å². The van der Waals surface area contributed by atoms with Gasteiger partial charge in [0.2, 0.25) is 10.0 Å². The minimum absolute atomic E-state index is 0.00216. The molecule has 1 fully saturated rings. The standard InChI is InChI=1S/C15H16BrNO5S2/c16-12-3-5-15(6-4-12)24(20,21)17(10-14-2-1-8-22-14)13-7-9-23(18,19)11-13/h1-6,8,13H,7,9-11H2/t13-/m1/s1. The highest BCUT2D eigenvalue weighted by Gasteiger charge is 2.39. The van der Waals surface area contributed by atoms with E-state index in [0.29, 0.717) is 12.2 Å². The second kappa shape index (κ2) is 6.62. The van der Waals surface area contributed by atoms with Crippen LogP contribution in [-0.4, -0.2) is 38.7 Å². The van der Waals surface area contributed by atoms with Crippen LogP contribution >= 0.6 is 15.9 Å². The van der Waals surface area contributed by atoms with Crippen LogP contribution in [0.3, 0.4) is 0 Å². The van der Waals surface area contributed by atoms with Crippen LogP contribution in [-0.2, 0) is 26.4 Å². The van der Waals surface area contributed by atoms with E-state index in [4.69, 9.17) is 4.42 Å². The molecule has 24 heavy (non-hydrogen) atoms. The second-order valence-electron chi connectivity index (χ2n) is 5.64. The van der Waals surface area contributed by atoms with Crippen LogP contribution in [0.25, 0.3) is 0 Å². The molecule has 130 valence electrons. The van der Waals surface area contributed by atoms with E-state index in [9.17, 15) is 16.8 Å². The Morgan fingerprint density at radius 3 is 2.46 bits per heavy atom. The minimum atomic E-state index is -3.84. The van der Waals surface area contributed by atoms with Gasteiger partial charge in [0, 0.05) is 10.5 Å². The summed E-state index contributed by atoms with van der Waals surface area (Å²) in [6.45, 7) is 0.00554. The molecule has 3 rings (SSSR count). The molecule has 0 bridgehead atoms. The molecule has 0 amide bonds. The maximum absolute atomic E-state index is 13.0. The average molecular weight is 434 g/mol. The molecule has 1 aliphatic rings. The summed E-state index contributed by atoms with van der Waals surface area (Å²) in [6, 6.07) is 9.04. The number of furan rings is 1. The number of sulfone groups is 1. The lowest BCUT2D eigenvalue weighted by molar-refractivity contribution is 0.307. The highest BCUT2D eigenvalue weighted by molar-refractivity contribution is 9.10. The van der Waals surface area contributed by atoms with Crippen molar-refractivity contribution < 1.29 is 21.3 Å². The first kappa shape index (κ1) is 17.7. The van der Waals surface area contributed by atoms with Gasteiger partial charge in [-0.05, 0) is 42.8 Å². The van der Waals surface area contributed by atoms with Gasteiger partial charge < -0.3 is 4.42 Å². The summed E-state index contributed by atoms with van der Waals surface area (Å²) in [5.41, 5.74) is 0. The van der Waals surface area contributed by atoms with Crippen LogP contribution in [0.5, 0.6) is 0 Å². The summed E-state index contributed by atoms with van der Waals surface area (Å²) in [6.07, 6.45) is 1.75. The van der Waals surface area contributed by atoms with E-state index in [1.165, 1.54) is 22.7 Å². The van der Waals surface area contributed by atoms with E-state index >= 15 is 0 Å². The largest absolute Gasteiger partial charge is 0.468 e. The Morgan fingerprint density at radius 2 is 1.92 bits per heavy atom. The van der Waals surface area contributed by atoms with E-state index in [0.717, 1.165) is 4.47 Å². The topological polar surface area (TPSA) is 84.7 Å². The van der Waals surface area contributed by atoms with Crippen LogP contribution in [0.2, 0.25) is 0 Å². The zero-order chi connectivity index (χ0) is 17.4. The fourth-order valence-corrected chi connectivity index (χ4v) is 6.42. The van der Waals surface area contributed by atoms with E-state index in [1.54, 1.807) is 24.3 Å². The Labute approximate surface area is 149 Å². The number of rotatable bonds is 5. The number of hydrogen-bond acceptors (Lipinski definition) is 5. The average Bonchev–Trinajstić information content (AvgIpc) is 3.14. The maximum atomic E-state index is 13.0. The molecule has 2 aromatic rings. The SMILES string of the molecule is O=S1(=O)CC[C@@H](N(Cc2ccco2)S(=O)(=O)c2ccc(Br)cc2)C1. The smallest absolute Gasteiger partial charge is 0.243 e. The zero-order valence-electron chi connectivity index (χ0n) is 12.6. The summed E-state index contributed by atoms with van der Waals surface area (Å²) in [5.74, 6) is 0.311. The van der Waals surface area contributed by atoms with Gasteiger partial charge in [-0.2, -0.15) is 4.31 Å². The number of halogens is 1. The van der Waals surface area contributed by atoms with Crippen LogP contribution < -0.4 is 0 Å². The van der Waals surface area contributed by atoms with Crippen molar-refractivity contribution >= 4 is 35.8 Å². The first-order valence-corrected chi connectivity index (χ1v) is 11.3. The van der Waals surface area contributed by atoms with Crippen molar-refractivity contribution in [3.8, 4) is 0 Å². The van der Waals surface area contributed by atoms with Crippen LogP contribution in [0.1, 0.15) is 12.2 Å². The Balaban J connectivity index is 1.98. The van der Waals surface area contributed by atoms with Gasteiger partial charge in [-0.3, -0.25) is 0 Å². The summed E-state index contributed by atoms with van der Waals surface area (Å²) in [4.78, 5) is 0.126. The summed E-state index contributed by atoms with van der Waals surface area (Å²) in [7, 11) is -7.05. The molecule has 0 spiro atoms. The fourth-order valence-electron chi connectivity index (χ4n) is 2.71. The lowest BCUT2D eigenvalue weighted by atomic mass is 10.2. The predicted molar refractivity (Wildman–Crippen MR) is 92.6 cm³/mol. The van der Waals surface area contributed by atoms with Gasteiger partial charge >= 0.3 is 0 Å². The van der Waals surface area contributed by atoms with Gasteiger partial charge in [0.15, 0.2) is 9.84 Å². The van der Waals surface area contributed by atoms with E-state index in [2.05, 4.69) is 15.9 Å². The van der Waals surface area contributed by atoms with E-state index < -0.39 is 25.9 Å². The molecule has 1 aromatic heterocycles. The van der Waals surface area contributed by atoms with Crippen molar-refractivity contribution in [2.45, 2.75) is 23.9 Å². The number of nitrogens with zero attached hydrogens (tertiary/aromatic N) is 1. The minimum Gasteiger partial charge on any atom is -0.468 e. The van der Waals surface area contributed by atoms with Crippen molar-refractivity contribution in [3.05, 3.63) is 52.9 Å². The molecule has 9 heteroatoms. The molecule has 0 N–H and O–H groups in total. The summed E-state index contributed by atoms with van der Waals surface area (Å²) < 4.78 is 57.0. The molecular formula is C15H16BrNO5S2. The molecule has 0 saturated carbocycles. The molecule has 1 aliphatic heterocycles.